The normalized spacial score (nSPS) is 8.24. The Balaban J connectivity index is -0.000000282. The van der Waals surface area contributed by atoms with E-state index in [1.807, 2.05) is 0 Å². The highest BCUT2D eigenvalue weighted by atomic mass is 35.5. The first-order valence-electron chi connectivity index (χ1n) is 5.06. The molecule has 17 heavy (non-hydrogen) atoms. The molecule has 0 aromatic heterocycles. The minimum Gasteiger partial charge on any atom is -0.481 e. The van der Waals surface area contributed by atoms with E-state index in [1.54, 1.807) is 0 Å². The van der Waals surface area contributed by atoms with E-state index >= 15 is 0 Å². The molecule has 0 aromatic carbocycles. The molecule has 0 atom stereocenters. The molecule has 0 bridgehead atoms. The minimum atomic E-state index is -0.740. The van der Waals surface area contributed by atoms with Crippen LogP contribution in [0.5, 0.6) is 0 Å². The lowest BCUT2D eigenvalue weighted by atomic mass is 10.1. The Bertz CT molecular complexity index is 168. The van der Waals surface area contributed by atoms with Crippen LogP contribution in [0.15, 0.2) is 0 Å². The van der Waals surface area contributed by atoms with Gasteiger partial charge in [0.25, 0.3) is 0 Å². The highest BCUT2D eigenvalue weighted by Gasteiger charge is 1.98. The molecule has 0 amide bonds. The Morgan fingerprint density at radius 1 is 0.647 bits per heavy atom. The Kier molecular flexibility index (Phi) is 26.6. The van der Waals surface area contributed by atoms with Crippen LogP contribution in [-0.2, 0) is 9.59 Å². The molecule has 0 aliphatic rings. The topological polar surface area (TPSA) is 106 Å². The van der Waals surface area contributed by atoms with E-state index in [1.165, 1.54) is 0 Å². The van der Waals surface area contributed by atoms with Crippen molar-refractivity contribution in [3.05, 3.63) is 0 Å². The second-order valence-corrected chi connectivity index (χ2v) is 3.41. The maximum absolute atomic E-state index is 10.1. The van der Waals surface area contributed by atoms with Gasteiger partial charge in [-0.2, -0.15) is 0 Å². The van der Waals surface area contributed by atoms with Crippen LogP contribution in [0, 0.1) is 0 Å². The van der Waals surface area contributed by atoms with Crippen LogP contribution < -0.4 is 0 Å². The van der Waals surface area contributed by atoms with Crippen LogP contribution in [0.25, 0.3) is 0 Å². The molecular weight excluding hydrogens is 271 g/mol. The number of aliphatic carboxylic acids is 2. The number of rotatable bonds is 9. The zero-order valence-corrected chi connectivity index (χ0v) is 11.3. The summed E-state index contributed by atoms with van der Waals surface area (Å²) in [6, 6.07) is 0. The summed E-state index contributed by atoms with van der Waals surface area (Å²) in [5.74, 6) is -1.48. The molecule has 0 rings (SSSR count). The number of carboxylic acid groups (broad SMARTS) is 2. The predicted molar refractivity (Wildman–Crippen MR) is 70.3 cm³/mol. The fourth-order valence-electron chi connectivity index (χ4n) is 1.26. The van der Waals surface area contributed by atoms with E-state index in [0.717, 1.165) is 38.5 Å². The maximum Gasteiger partial charge on any atom is 0.303 e. The summed E-state index contributed by atoms with van der Waals surface area (Å²) in [4.78, 5) is 20.3. The van der Waals surface area contributed by atoms with Gasteiger partial charge < -0.3 is 15.7 Å². The van der Waals surface area contributed by atoms with Gasteiger partial charge in [0, 0.05) is 12.8 Å². The molecule has 0 saturated heterocycles. The van der Waals surface area contributed by atoms with Gasteiger partial charge in [0.05, 0.1) is 0 Å². The number of unbranched alkanes of at least 4 members (excludes halogenated alkanes) is 5. The third kappa shape index (κ3) is 25.6. The van der Waals surface area contributed by atoms with Crippen LogP contribution in [-0.4, -0.2) is 27.6 Å². The Labute approximate surface area is 114 Å². The molecule has 0 fully saturated rings. The van der Waals surface area contributed by atoms with Crippen LogP contribution in [0.3, 0.4) is 0 Å². The fraction of sp³-hybridized carbons (Fsp3) is 0.800. The number of hydrogen-bond acceptors (Lipinski definition) is 2. The average molecular weight is 293 g/mol. The van der Waals surface area contributed by atoms with Crippen molar-refractivity contribution < 1.29 is 25.3 Å². The van der Waals surface area contributed by atoms with Crippen LogP contribution in [0.1, 0.15) is 51.4 Å². The van der Waals surface area contributed by atoms with Crippen LogP contribution in [0.4, 0.5) is 0 Å². The highest BCUT2D eigenvalue weighted by Crippen LogP contribution is 2.08. The SMILES string of the molecule is Cl.Cl.O.O=C(O)CCCCCCCCC(=O)O. The number of halogens is 2. The van der Waals surface area contributed by atoms with E-state index in [-0.39, 0.29) is 43.1 Å². The summed E-state index contributed by atoms with van der Waals surface area (Å²) in [5, 5.41) is 16.7. The number of carbonyl (C=O) groups is 2. The van der Waals surface area contributed by atoms with Gasteiger partial charge in [0.2, 0.25) is 0 Å². The molecular formula is C10H22Cl2O5. The summed E-state index contributed by atoms with van der Waals surface area (Å²) in [6.07, 6.45) is 5.82. The average Bonchev–Trinajstić information content (AvgIpc) is 2.08. The van der Waals surface area contributed by atoms with Crippen molar-refractivity contribution in [3.8, 4) is 0 Å². The lowest BCUT2D eigenvalue weighted by Gasteiger charge is -1.98. The highest BCUT2D eigenvalue weighted by molar-refractivity contribution is 5.85. The monoisotopic (exact) mass is 292 g/mol. The second-order valence-electron chi connectivity index (χ2n) is 3.41. The van der Waals surface area contributed by atoms with Crippen molar-refractivity contribution in [2.75, 3.05) is 0 Å². The van der Waals surface area contributed by atoms with E-state index in [0.29, 0.717) is 0 Å². The molecule has 0 saturated carbocycles. The molecule has 4 N–H and O–H groups in total. The van der Waals surface area contributed by atoms with Crippen molar-refractivity contribution in [2.45, 2.75) is 51.4 Å². The van der Waals surface area contributed by atoms with E-state index in [2.05, 4.69) is 0 Å². The quantitative estimate of drug-likeness (QED) is 0.636. The zero-order chi connectivity index (χ0) is 10.8. The predicted octanol–water partition coefficient (Wildman–Crippen LogP) is 2.30. The molecule has 0 radical (unpaired) electrons. The van der Waals surface area contributed by atoms with E-state index in [4.69, 9.17) is 10.2 Å². The molecule has 5 nitrogen and oxygen atoms in total. The molecule has 0 spiro atoms. The van der Waals surface area contributed by atoms with Crippen molar-refractivity contribution in [3.63, 3.8) is 0 Å². The van der Waals surface area contributed by atoms with Gasteiger partial charge >= 0.3 is 11.9 Å². The lowest BCUT2D eigenvalue weighted by Crippen LogP contribution is -1.94. The molecule has 0 heterocycles. The third-order valence-corrected chi connectivity index (χ3v) is 2.03. The van der Waals surface area contributed by atoms with Crippen LogP contribution >= 0.6 is 24.8 Å². The first-order valence-corrected chi connectivity index (χ1v) is 5.06. The van der Waals surface area contributed by atoms with Crippen molar-refractivity contribution in [1.82, 2.24) is 0 Å². The van der Waals surface area contributed by atoms with Gasteiger partial charge in [-0.1, -0.05) is 25.7 Å². The van der Waals surface area contributed by atoms with Crippen molar-refractivity contribution in [2.24, 2.45) is 0 Å². The van der Waals surface area contributed by atoms with E-state index < -0.39 is 11.9 Å². The summed E-state index contributed by atoms with van der Waals surface area (Å²) in [7, 11) is 0. The number of hydrogen-bond donors (Lipinski definition) is 2. The van der Waals surface area contributed by atoms with Crippen molar-refractivity contribution >= 4 is 36.8 Å². The summed E-state index contributed by atoms with van der Waals surface area (Å²) in [5.41, 5.74) is 0. The fourth-order valence-corrected chi connectivity index (χ4v) is 1.26. The van der Waals surface area contributed by atoms with Crippen LogP contribution in [0.2, 0.25) is 0 Å². The zero-order valence-electron chi connectivity index (χ0n) is 9.68. The molecule has 0 aliphatic heterocycles. The van der Waals surface area contributed by atoms with E-state index in [9.17, 15) is 9.59 Å². The number of carboxylic acids is 2. The van der Waals surface area contributed by atoms with Gasteiger partial charge in [-0.05, 0) is 12.8 Å². The summed E-state index contributed by atoms with van der Waals surface area (Å²) < 4.78 is 0. The molecule has 7 heteroatoms. The first-order chi connectivity index (χ1) is 6.63. The second kappa shape index (κ2) is 17.9. The Morgan fingerprint density at radius 2 is 0.882 bits per heavy atom. The van der Waals surface area contributed by atoms with Crippen molar-refractivity contribution in [1.29, 1.82) is 0 Å². The summed E-state index contributed by atoms with van der Waals surface area (Å²) >= 11 is 0. The largest absolute Gasteiger partial charge is 0.481 e. The smallest absolute Gasteiger partial charge is 0.303 e. The minimum absolute atomic E-state index is 0. The van der Waals surface area contributed by atoms with Gasteiger partial charge in [-0.3, -0.25) is 9.59 Å². The maximum atomic E-state index is 10.1. The Hall–Kier alpha value is -0.520. The van der Waals surface area contributed by atoms with Gasteiger partial charge in [-0.15, -0.1) is 24.8 Å². The standard InChI is InChI=1S/C10H18O4.2ClH.H2O/c11-9(12)7-5-3-1-2-4-6-8-10(13)14;;;/h1-8H2,(H,11,12)(H,13,14);2*1H;1H2. The first kappa shape index (κ1) is 25.4. The third-order valence-electron chi connectivity index (χ3n) is 2.03. The van der Waals surface area contributed by atoms with Gasteiger partial charge in [0.15, 0.2) is 0 Å². The Morgan fingerprint density at radius 3 is 1.12 bits per heavy atom. The molecule has 0 unspecified atom stereocenters. The lowest BCUT2D eigenvalue weighted by molar-refractivity contribution is -0.138. The molecule has 0 aromatic rings. The van der Waals surface area contributed by atoms with Gasteiger partial charge in [0.1, 0.15) is 0 Å². The molecule has 106 valence electrons. The van der Waals surface area contributed by atoms with Gasteiger partial charge in [-0.25, -0.2) is 0 Å². The molecule has 0 aliphatic carbocycles. The summed E-state index contributed by atoms with van der Waals surface area (Å²) in [6.45, 7) is 0.